The van der Waals surface area contributed by atoms with E-state index in [9.17, 15) is 9.90 Å². The van der Waals surface area contributed by atoms with Gasteiger partial charge in [-0.25, -0.2) is 0 Å². The van der Waals surface area contributed by atoms with Gasteiger partial charge in [0.15, 0.2) is 0 Å². The lowest BCUT2D eigenvalue weighted by molar-refractivity contribution is 0.0931. The number of hydrogen-bond acceptors (Lipinski definition) is 3. The summed E-state index contributed by atoms with van der Waals surface area (Å²) in [5, 5.41) is 12.4. The van der Waals surface area contributed by atoms with Crippen molar-refractivity contribution in [2.45, 2.75) is 19.8 Å². The summed E-state index contributed by atoms with van der Waals surface area (Å²) in [4.78, 5) is 15.0. The predicted octanol–water partition coefficient (Wildman–Crippen LogP) is 3.10. The topological polar surface area (TPSA) is 52.6 Å². The predicted molar refractivity (Wildman–Crippen MR) is 105 cm³/mol. The Bertz CT molecular complexity index is 744. The molecule has 0 bridgehead atoms. The first kappa shape index (κ1) is 18.6. The Morgan fingerprint density at radius 2 is 2.08 bits per heavy atom. The number of nitrogens with zero attached hydrogens (tertiary/aromatic N) is 1. The number of piperidine rings is 1. The molecule has 2 aromatic carbocycles. The van der Waals surface area contributed by atoms with Crippen molar-refractivity contribution in [2.24, 2.45) is 5.92 Å². The van der Waals surface area contributed by atoms with Crippen LogP contribution in [-0.4, -0.2) is 48.7 Å². The van der Waals surface area contributed by atoms with Crippen LogP contribution in [0, 0.1) is 12.8 Å². The number of amides is 1. The summed E-state index contributed by atoms with van der Waals surface area (Å²) in [6, 6.07) is 16.0. The van der Waals surface area contributed by atoms with Crippen LogP contribution in [0.25, 0.3) is 11.1 Å². The van der Waals surface area contributed by atoms with Gasteiger partial charge < -0.3 is 15.3 Å². The lowest BCUT2D eigenvalue weighted by Crippen LogP contribution is -2.41. The molecule has 0 unspecified atom stereocenters. The number of aliphatic hydroxyl groups is 1. The maximum absolute atomic E-state index is 12.7. The van der Waals surface area contributed by atoms with Crippen molar-refractivity contribution < 1.29 is 9.90 Å². The molecule has 1 heterocycles. The summed E-state index contributed by atoms with van der Waals surface area (Å²) in [6.45, 7) is 5.74. The van der Waals surface area contributed by atoms with Gasteiger partial charge in [0.05, 0.1) is 0 Å². The van der Waals surface area contributed by atoms with Gasteiger partial charge in [-0.3, -0.25) is 4.79 Å². The first-order valence-corrected chi connectivity index (χ1v) is 9.45. The van der Waals surface area contributed by atoms with Crippen LogP contribution in [0.4, 0.5) is 0 Å². The largest absolute Gasteiger partial charge is 0.396 e. The molecule has 3 rings (SSSR count). The lowest BCUT2D eigenvalue weighted by Gasteiger charge is -2.31. The smallest absolute Gasteiger partial charge is 0.251 e. The Kier molecular flexibility index (Phi) is 6.42. The van der Waals surface area contributed by atoms with Crippen LogP contribution in [0.1, 0.15) is 28.8 Å². The number of aryl methyl sites for hydroxylation is 1. The SMILES string of the molecule is Cc1cccc(-c2ccccc2C(=O)NCCN2CCC[C@H](CO)C2)c1. The third-order valence-electron chi connectivity index (χ3n) is 5.08. The average Bonchev–Trinajstić information content (AvgIpc) is 2.68. The Morgan fingerprint density at radius 1 is 1.23 bits per heavy atom. The van der Waals surface area contributed by atoms with E-state index in [2.05, 4.69) is 29.3 Å². The van der Waals surface area contributed by atoms with E-state index in [0.29, 0.717) is 18.0 Å². The van der Waals surface area contributed by atoms with Gasteiger partial charge in [0.1, 0.15) is 0 Å². The number of rotatable bonds is 6. The minimum atomic E-state index is -0.0298. The Balaban J connectivity index is 1.62. The molecule has 26 heavy (non-hydrogen) atoms. The molecule has 4 heteroatoms. The Hall–Kier alpha value is -2.17. The molecule has 1 aliphatic rings. The number of likely N-dealkylation sites (tertiary alicyclic amines) is 1. The third-order valence-corrected chi connectivity index (χ3v) is 5.08. The summed E-state index contributed by atoms with van der Waals surface area (Å²) < 4.78 is 0. The van der Waals surface area contributed by atoms with Gasteiger partial charge in [0.25, 0.3) is 5.91 Å². The van der Waals surface area contributed by atoms with Crippen molar-refractivity contribution in [3.8, 4) is 11.1 Å². The maximum atomic E-state index is 12.7. The Labute approximate surface area is 155 Å². The molecule has 4 nitrogen and oxygen atoms in total. The zero-order valence-corrected chi connectivity index (χ0v) is 15.4. The third kappa shape index (κ3) is 4.71. The zero-order chi connectivity index (χ0) is 18.4. The highest BCUT2D eigenvalue weighted by Crippen LogP contribution is 2.24. The summed E-state index contributed by atoms with van der Waals surface area (Å²) in [5.74, 6) is 0.347. The van der Waals surface area contributed by atoms with E-state index in [-0.39, 0.29) is 12.5 Å². The van der Waals surface area contributed by atoms with Crippen LogP contribution in [-0.2, 0) is 0 Å². The minimum Gasteiger partial charge on any atom is -0.396 e. The van der Waals surface area contributed by atoms with Crippen LogP contribution in [0.2, 0.25) is 0 Å². The molecule has 0 saturated carbocycles. The fourth-order valence-corrected chi connectivity index (χ4v) is 3.67. The second-order valence-corrected chi connectivity index (χ2v) is 7.16. The van der Waals surface area contributed by atoms with Crippen molar-refractivity contribution in [1.82, 2.24) is 10.2 Å². The summed E-state index contributed by atoms with van der Waals surface area (Å²) in [7, 11) is 0. The minimum absolute atomic E-state index is 0.0298. The lowest BCUT2D eigenvalue weighted by atomic mass is 9.98. The molecule has 0 aliphatic carbocycles. The van der Waals surface area contributed by atoms with Crippen LogP contribution in [0.5, 0.6) is 0 Å². The van der Waals surface area contributed by atoms with E-state index < -0.39 is 0 Å². The monoisotopic (exact) mass is 352 g/mol. The van der Waals surface area contributed by atoms with Gasteiger partial charge in [-0.15, -0.1) is 0 Å². The molecule has 2 N–H and O–H groups in total. The maximum Gasteiger partial charge on any atom is 0.251 e. The van der Waals surface area contributed by atoms with Crippen molar-refractivity contribution in [3.63, 3.8) is 0 Å². The number of benzene rings is 2. The van der Waals surface area contributed by atoms with Gasteiger partial charge in [0.2, 0.25) is 0 Å². The molecule has 0 spiro atoms. The van der Waals surface area contributed by atoms with Gasteiger partial charge >= 0.3 is 0 Å². The summed E-state index contributed by atoms with van der Waals surface area (Å²) in [5.41, 5.74) is 3.93. The molecule has 1 fully saturated rings. The van der Waals surface area contributed by atoms with Gasteiger partial charge in [-0.2, -0.15) is 0 Å². The molecule has 1 aliphatic heterocycles. The van der Waals surface area contributed by atoms with E-state index in [4.69, 9.17) is 0 Å². The van der Waals surface area contributed by atoms with E-state index in [1.807, 2.05) is 36.4 Å². The average molecular weight is 352 g/mol. The molecule has 138 valence electrons. The van der Waals surface area contributed by atoms with Gasteiger partial charge in [-0.1, -0.05) is 48.0 Å². The van der Waals surface area contributed by atoms with Crippen molar-refractivity contribution >= 4 is 5.91 Å². The first-order chi connectivity index (χ1) is 12.7. The molecule has 1 atom stereocenters. The van der Waals surface area contributed by atoms with Crippen LogP contribution in [0.3, 0.4) is 0 Å². The molecule has 1 amide bonds. The highest BCUT2D eigenvalue weighted by Gasteiger charge is 2.19. The summed E-state index contributed by atoms with van der Waals surface area (Å²) in [6.07, 6.45) is 2.22. The van der Waals surface area contributed by atoms with Gasteiger partial charge in [0, 0.05) is 31.8 Å². The molecular formula is C22H28N2O2. The van der Waals surface area contributed by atoms with E-state index in [1.165, 1.54) is 5.56 Å². The number of hydrogen-bond donors (Lipinski definition) is 2. The summed E-state index contributed by atoms with van der Waals surface area (Å²) >= 11 is 0. The van der Waals surface area contributed by atoms with Crippen LogP contribution >= 0.6 is 0 Å². The van der Waals surface area contributed by atoms with Crippen molar-refractivity contribution in [1.29, 1.82) is 0 Å². The second-order valence-electron chi connectivity index (χ2n) is 7.16. The molecule has 0 radical (unpaired) electrons. The van der Waals surface area contributed by atoms with Crippen LogP contribution in [0.15, 0.2) is 48.5 Å². The van der Waals surface area contributed by atoms with E-state index in [1.54, 1.807) is 0 Å². The van der Waals surface area contributed by atoms with Crippen molar-refractivity contribution in [3.05, 3.63) is 59.7 Å². The molecule has 2 aromatic rings. The first-order valence-electron chi connectivity index (χ1n) is 9.45. The highest BCUT2D eigenvalue weighted by atomic mass is 16.3. The fourth-order valence-electron chi connectivity index (χ4n) is 3.67. The molecular weight excluding hydrogens is 324 g/mol. The van der Waals surface area contributed by atoms with Crippen LogP contribution < -0.4 is 5.32 Å². The molecule has 0 aromatic heterocycles. The number of aliphatic hydroxyl groups excluding tert-OH is 1. The Morgan fingerprint density at radius 3 is 2.88 bits per heavy atom. The van der Waals surface area contributed by atoms with E-state index in [0.717, 1.165) is 43.6 Å². The standard InChI is InChI=1S/C22H28N2O2/c1-17-6-4-8-19(14-17)20-9-2-3-10-21(20)22(26)23-11-13-24-12-5-7-18(15-24)16-25/h2-4,6,8-10,14,18,25H,5,7,11-13,15-16H2,1H3,(H,23,26)/t18-/m0/s1. The van der Waals surface area contributed by atoms with Gasteiger partial charge in [-0.05, 0) is 49.4 Å². The number of carbonyl (C=O) groups is 1. The highest BCUT2D eigenvalue weighted by molar-refractivity contribution is 6.00. The molecule has 1 saturated heterocycles. The fraction of sp³-hybridized carbons (Fsp3) is 0.409. The quantitative estimate of drug-likeness (QED) is 0.840. The normalized spacial score (nSPS) is 17.8. The number of carbonyl (C=O) groups excluding carboxylic acids is 1. The van der Waals surface area contributed by atoms with Crippen molar-refractivity contribution in [2.75, 3.05) is 32.8 Å². The second kappa shape index (κ2) is 8.97. The zero-order valence-electron chi connectivity index (χ0n) is 15.4. The van der Waals surface area contributed by atoms with E-state index >= 15 is 0 Å². The number of nitrogens with one attached hydrogen (secondary N) is 1.